The molecule has 0 atom stereocenters. The van der Waals surface area contributed by atoms with Gasteiger partial charge < -0.3 is 16.0 Å². The lowest BCUT2D eigenvalue weighted by molar-refractivity contribution is -0.179. The molecule has 3 rings (SSSR count). The monoisotopic (exact) mass is 377 g/mol. The van der Waals surface area contributed by atoms with Gasteiger partial charge in [0, 0.05) is 30.9 Å². The van der Waals surface area contributed by atoms with Crippen molar-refractivity contribution in [3.63, 3.8) is 0 Å². The number of piperidine rings is 1. The zero-order valence-corrected chi connectivity index (χ0v) is 14.5. The first-order valence-electron chi connectivity index (χ1n) is 9.07. The average molecular weight is 377 g/mol. The minimum absolute atomic E-state index is 0.00863. The number of benzene rings is 1. The van der Waals surface area contributed by atoms with Crippen LogP contribution >= 0.6 is 0 Å². The molecule has 1 saturated heterocycles. The maximum absolute atomic E-state index is 14.5. The molecule has 0 amide bonds. The number of nitrogens with zero attached hydrogens (tertiary/aromatic N) is 1. The highest BCUT2D eigenvalue weighted by Crippen LogP contribution is 2.37. The van der Waals surface area contributed by atoms with Crippen molar-refractivity contribution in [3.8, 4) is 0 Å². The largest absolute Gasteiger partial charge is 0.391 e. The van der Waals surface area contributed by atoms with E-state index in [-0.39, 0.29) is 43.7 Å². The summed E-state index contributed by atoms with van der Waals surface area (Å²) in [7, 11) is 0. The van der Waals surface area contributed by atoms with Crippen LogP contribution in [0.4, 0.5) is 33.3 Å². The van der Waals surface area contributed by atoms with Crippen molar-refractivity contribution < 1.29 is 22.0 Å². The Hall–Kier alpha value is -1.57. The first-order chi connectivity index (χ1) is 12.2. The maximum Gasteiger partial charge on any atom is 0.391 e. The van der Waals surface area contributed by atoms with Crippen LogP contribution in [0.25, 0.3) is 0 Å². The zero-order valence-electron chi connectivity index (χ0n) is 14.5. The molecule has 1 heterocycles. The van der Waals surface area contributed by atoms with Gasteiger partial charge in [0.25, 0.3) is 0 Å². The van der Waals surface area contributed by atoms with Crippen LogP contribution in [-0.2, 0) is 0 Å². The molecule has 1 aromatic carbocycles. The molecule has 0 bridgehead atoms. The van der Waals surface area contributed by atoms with Crippen molar-refractivity contribution in [2.45, 2.75) is 56.8 Å². The summed E-state index contributed by atoms with van der Waals surface area (Å²) in [6.45, 7) is -0.0173. The van der Waals surface area contributed by atoms with E-state index in [1.165, 1.54) is 17.0 Å². The normalized spacial score (nSPS) is 25.4. The third-order valence-corrected chi connectivity index (χ3v) is 5.43. The molecule has 0 radical (unpaired) electrons. The maximum atomic E-state index is 14.5. The molecule has 2 aliphatic rings. The van der Waals surface area contributed by atoms with Gasteiger partial charge >= 0.3 is 6.18 Å². The summed E-state index contributed by atoms with van der Waals surface area (Å²) in [6.07, 6.45) is -1.12. The highest BCUT2D eigenvalue weighted by Gasteiger charge is 2.41. The van der Waals surface area contributed by atoms with E-state index in [0.717, 1.165) is 25.7 Å². The fraction of sp³-hybridized carbons (Fsp3) is 0.667. The van der Waals surface area contributed by atoms with Crippen LogP contribution in [-0.4, -0.2) is 31.3 Å². The molecule has 0 aromatic heterocycles. The molecule has 0 unspecified atom stereocenters. The number of rotatable bonds is 3. The number of halogens is 5. The van der Waals surface area contributed by atoms with Crippen molar-refractivity contribution in [1.82, 2.24) is 0 Å². The minimum Gasteiger partial charge on any atom is -0.382 e. The fourth-order valence-corrected chi connectivity index (χ4v) is 3.88. The summed E-state index contributed by atoms with van der Waals surface area (Å²) in [5.74, 6) is -2.89. The molecule has 2 fully saturated rings. The second kappa shape index (κ2) is 7.58. The van der Waals surface area contributed by atoms with Crippen molar-refractivity contribution in [3.05, 3.63) is 23.8 Å². The molecule has 8 heteroatoms. The van der Waals surface area contributed by atoms with Crippen LogP contribution in [0, 0.1) is 17.6 Å². The van der Waals surface area contributed by atoms with Crippen LogP contribution in [0.3, 0.4) is 0 Å². The lowest BCUT2D eigenvalue weighted by Gasteiger charge is -2.35. The van der Waals surface area contributed by atoms with E-state index < -0.39 is 23.7 Å². The minimum atomic E-state index is -4.25. The van der Waals surface area contributed by atoms with E-state index in [4.69, 9.17) is 5.73 Å². The molecular weight excluding hydrogens is 353 g/mol. The number of alkyl halides is 3. The van der Waals surface area contributed by atoms with Gasteiger partial charge in [0.2, 0.25) is 0 Å². The molecule has 1 aromatic rings. The van der Waals surface area contributed by atoms with Gasteiger partial charge in [-0.05, 0) is 50.7 Å². The van der Waals surface area contributed by atoms with E-state index in [1.54, 1.807) is 0 Å². The van der Waals surface area contributed by atoms with Crippen molar-refractivity contribution >= 4 is 11.4 Å². The molecule has 1 aliphatic heterocycles. The third-order valence-electron chi connectivity index (χ3n) is 5.43. The summed E-state index contributed by atoms with van der Waals surface area (Å²) < 4.78 is 67.2. The molecule has 1 saturated carbocycles. The molecule has 146 valence electrons. The van der Waals surface area contributed by atoms with Gasteiger partial charge in [-0.25, -0.2) is 8.78 Å². The standard InChI is InChI=1S/C18H24F5N3/c19-15-9-14(25-13-3-1-12(24)2-4-13)10-16(20)17(15)26-7-5-11(6-8-26)18(21,22)23/h9-13,25H,1-8,24H2. The van der Waals surface area contributed by atoms with Crippen molar-refractivity contribution in [1.29, 1.82) is 0 Å². The van der Waals surface area contributed by atoms with Crippen LogP contribution in [0.1, 0.15) is 38.5 Å². The highest BCUT2D eigenvalue weighted by molar-refractivity contribution is 5.58. The summed E-state index contributed by atoms with van der Waals surface area (Å²) in [5, 5.41) is 3.14. The van der Waals surface area contributed by atoms with Gasteiger partial charge in [-0.2, -0.15) is 13.2 Å². The summed E-state index contributed by atoms with van der Waals surface area (Å²) in [4.78, 5) is 1.37. The summed E-state index contributed by atoms with van der Waals surface area (Å²) >= 11 is 0. The van der Waals surface area contributed by atoms with Crippen LogP contribution < -0.4 is 16.0 Å². The number of hydrogen-bond acceptors (Lipinski definition) is 3. The van der Waals surface area contributed by atoms with E-state index in [2.05, 4.69) is 5.32 Å². The van der Waals surface area contributed by atoms with Gasteiger partial charge in [0.15, 0.2) is 11.6 Å². The van der Waals surface area contributed by atoms with Crippen LogP contribution in [0.15, 0.2) is 12.1 Å². The predicted octanol–water partition coefficient (Wildman–Crippen LogP) is 4.43. The SMILES string of the molecule is NC1CCC(Nc2cc(F)c(N3CCC(C(F)(F)F)CC3)c(F)c2)CC1. The number of nitrogens with one attached hydrogen (secondary N) is 1. The Morgan fingerprint density at radius 3 is 1.96 bits per heavy atom. The second-order valence-electron chi connectivity index (χ2n) is 7.35. The molecule has 1 aliphatic carbocycles. The zero-order chi connectivity index (χ0) is 18.9. The molecule has 3 N–H and O–H groups in total. The van der Waals surface area contributed by atoms with Crippen molar-refractivity contribution in [2.24, 2.45) is 11.7 Å². The fourth-order valence-electron chi connectivity index (χ4n) is 3.88. The van der Waals surface area contributed by atoms with Crippen LogP contribution in [0.2, 0.25) is 0 Å². The highest BCUT2D eigenvalue weighted by atomic mass is 19.4. The molecule has 0 spiro atoms. The molecule has 26 heavy (non-hydrogen) atoms. The molecular formula is C18H24F5N3. The Balaban J connectivity index is 1.66. The number of hydrogen-bond donors (Lipinski definition) is 2. The predicted molar refractivity (Wildman–Crippen MR) is 91.2 cm³/mol. The first-order valence-corrected chi connectivity index (χ1v) is 9.07. The van der Waals surface area contributed by atoms with Gasteiger partial charge in [0.05, 0.1) is 5.92 Å². The number of anilines is 2. The topological polar surface area (TPSA) is 41.3 Å². The van der Waals surface area contributed by atoms with Gasteiger partial charge in [-0.1, -0.05) is 0 Å². The third kappa shape index (κ3) is 4.39. The Kier molecular flexibility index (Phi) is 5.60. The van der Waals surface area contributed by atoms with Crippen molar-refractivity contribution in [2.75, 3.05) is 23.3 Å². The second-order valence-corrected chi connectivity index (χ2v) is 7.35. The van der Waals surface area contributed by atoms with Gasteiger partial charge in [-0.15, -0.1) is 0 Å². The van der Waals surface area contributed by atoms with Gasteiger partial charge in [0.1, 0.15) is 5.69 Å². The summed E-state index contributed by atoms with van der Waals surface area (Å²) in [5.41, 5.74) is 5.98. The van der Waals surface area contributed by atoms with Gasteiger partial charge in [-0.3, -0.25) is 0 Å². The van der Waals surface area contributed by atoms with E-state index >= 15 is 0 Å². The average Bonchev–Trinajstić information content (AvgIpc) is 2.56. The van der Waals surface area contributed by atoms with E-state index in [1.807, 2.05) is 0 Å². The first kappa shape index (κ1) is 19.2. The van der Waals surface area contributed by atoms with E-state index in [0.29, 0.717) is 5.69 Å². The lowest BCUT2D eigenvalue weighted by Crippen LogP contribution is -2.39. The Bertz CT molecular complexity index is 595. The Morgan fingerprint density at radius 2 is 1.46 bits per heavy atom. The quantitative estimate of drug-likeness (QED) is 0.766. The van der Waals surface area contributed by atoms with Crippen LogP contribution in [0.5, 0.6) is 0 Å². The summed E-state index contributed by atoms with van der Waals surface area (Å²) in [6, 6.07) is 2.76. The lowest BCUT2D eigenvalue weighted by atomic mass is 9.91. The smallest absolute Gasteiger partial charge is 0.382 e. The number of nitrogens with two attached hydrogens (primary N) is 1. The van der Waals surface area contributed by atoms with E-state index in [9.17, 15) is 22.0 Å². The Labute approximate surface area is 149 Å². The molecule has 3 nitrogen and oxygen atoms in total. The Morgan fingerprint density at radius 1 is 0.923 bits per heavy atom.